The second-order valence-electron chi connectivity index (χ2n) is 3.51. The lowest BCUT2D eigenvalue weighted by atomic mass is 10.2. The third-order valence-corrected chi connectivity index (χ3v) is 3.24. The molecule has 0 spiro atoms. The van der Waals surface area contributed by atoms with Crippen molar-refractivity contribution >= 4 is 17.2 Å². The van der Waals surface area contributed by atoms with Gasteiger partial charge < -0.3 is 5.32 Å². The first-order valence-electron chi connectivity index (χ1n) is 5.10. The van der Waals surface area contributed by atoms with E-state index in [2.05, 4.69) is 46.2 Å². The Morgan fingerprint density at radius 3 is 3.00 bits per heavy atom. The number of hydrogen-bond acceptors (Lipinski definition) is 3. The molecule has 0 aliphatic rings. The molecule has 0 aliphatic carbocycles. The molecule has 0 unspecified atom stereocenters. The monoisotopic (exact) mass is 221 g/mol. The molecule has 3 nitrogen and oxygen atoms in total. The zero-order chi connectivity index (χ0) is 10.7. The summed E-state index contributed by atoms with van der Waals surface area (Å²) < 4.78 is 0. The van der Waals surface area contributed by atoms with E-state index in [-0.39, 0.29) is 0 Å². The molecule has 2 aromatic rings. The van der Waals surface area contributed by atoms with Crippen LogP contribution in [0.1, 0.15) is 23.7 Å². The van der Waals surface area contributed by atoms with Crippen LogP contribution in [0.4, 0.5) is 5.82 Å². The van der Waals surface area contributed by atoms with Crippen LogP contribution >= 0.6 is 11.3 Å². The largest absolute Gasteiger partial charge is 0.364 e. The SMILES string of the molecule is CCc1[nH]nc(NCc2ccsc2)c1C. The average Bonchev–Trinajstić information content (AvgIpc) is 2.85. The van der Waals surface area contributed by atoms with E-state index in [1.54, 1.807) is 11.3 Å². The highest BCUT2D eigenvalue weighted by Crippen LogP contribution is 2.16. The Morgan fingerprint density at radius 1 is 1.53 bits per heavy atom. The number of nitrogens with one attached hydrogen (secondary N) is 2. The number of anilines is 1. The lowest BCUT2D eigenvalue weighted by molar-refractivity contribution is 0.965. The molecule has 0 saturated carbocycles. The zero-order valence-electron chi connectivity index (χ0n) is 9.00. The minimum Gasteiger partial charge on any atom is -0.364 e. The van der Waals surface area contributed by atoms with E-state index < -0.39 is 0 Å². The lowest BCUT2D eigenvalue weighted by Crippen LogP contribution is -1.99. The van der Waals surface area contributed by atoms with Gasteiger partial charge in [-0.05, 0) is 35.7 Å². The molecular weight excluding hydrogens is 206 g/mol. The van der Waals surface area contributed by atoms with E-state index in [1.165, 1.54) is 16.8 Å². The first-order valence-corrected chi connectivity index (χ1v) is 6.04. The van der Waals surface area contributed by atoms with Crippen molar-refractivity contribution in [2.45, 2.75) is 26.8 Å². The van der Waals surface area contributed by atoms with Gasteiger partial charge in [0.25, 0.3) is 0 Å². The number of thiophene rings is 1. The predicted octanol–water partition coefficient (Wildman–Crippen LogP) is 2.95. The second kappa shape index (κ2) is 4.49. The smallest absolute Gasteiger partial charge is 0.151 e. The molecule has 0 amide bonds. The number of aryl methyl sites for hydroxylation is 1. The number of aromatic amines is 1. The van der Waals surface area contributed by atoms with E-state index in [0.717, 1.165) is 18.8 Å². The zero-order valence-corrected chi connectivity index (χ0v) is 9.82. The number of rotatable bonds is 4. The summed E-state index contributed by atoms with van der Waals surface area (Å²) in [4.78, 5) is 0. The minimum atomic E-state index is 0.846. The Hall–Kier alpha value is -1.29. The standard InChI is InChI=1S/C11H15N3S/c1-3-10-8(2)11(14-13-10)12-6-9-4-5-15-7-9/h4-5,7H,3,6H2,1-2H3,(H2,12,13,14). The van der Waals surface area contributed by atoms with E-state index in [9.17, 15) is 0 Å². The van der Waals surface area contributed by atoms with Crippen molar-refractivity contribution < 1.29 is 0 Å². The van der Waals surface area contributed by atoms with Gasteiger partial charge in [0.1, 0.15) is 0 Å². The highest BCUT2D eigenvalue weighted by Gasteiger charge is 2.06. The first kappa shape index (κ1) is 10.2. The number of aromatic nitrogens is 2. The molecule has 0 bridgehead atoms. The maximum Gasteiger partial charge on any atom is 0.151 e. The molecule has 0 aromatic carbocycles. The Kier molecular flexibility index (Phi) is 3.06. The topological polar surface area (TPSA) is 40.7 Å². The molecule has 2 rings (SSSR count). The number of H-pyrrole nitrogens is 1. The first-order chi connectivity index (χ1) is 7.31. The van der Waals surface area contributed by atoms with E-state index >= 15 is 0 Å². The fraction of sp³-hybridized carbons (Fsp3) is 0.364. The molecule has 15 heavy (non-hydrogen) atoms. The highest BCUT2D eigenvalue weighted by molar-refractivity contribution is 7.07. The van der Waals surface area contributed by atoms with Crippen LogP contribution in [0, 0.1) is 6.92 Å². The number of hydrogen-bond donors (Lipinski definition) is 2. The quantitative estimate of drug-likeness (QED) is 0.833. The Bertz CT molecular complexity index is 417. The third-order valence-electron chi connectivity index (χ3n) is 2.50. The molecule has 4 heteroatoms. The second-order valence-corrected chi connectivity index (χ2v) is 4.29. The normalized spacial score (nSPS) is 10.5. The van der Waals surface area contributed by atoms with Gasteiger partial charge in [-0.3, -0.25) is 5.10 Å². The van der Waals surface area contributed by atoms with Crippen LogP contribution in [0.15, 0.2) is 16.8 Å². The summed E-state index contributed by atoms with van der Waals surface area (Å²) in [7, 11) is 0. The summed E-state index contributed by atoms with van der Waals surface area (Å²) >= 11 is 1.72. The van der Waals surface area contributed by atoms with Crippen LogP contribution in [-0.4, -0.2) is 10.2 Å². The molecule has 0 atom stereocenters. The van der Waals surface area contributed by atoms with Crippen LogP contribution < -0.4 is 5.32 Å². The molecule has 0 aliphatic heterocycles. The van der Waals surface area contributed by atoms with Gasteiger partial charge in [-0.15, -0.1) is 0 Å². The molecular formula is C11H15N3S. The van der Waals surface area contributed by atoms with Crippen molar-refractivity contribution in [3.63, 3.8) is 0 Å². The van der Waals surface area contributed by atoms with Crippen molar-refractivity contribution in [2.24, 2.45) is 0 Å². The van der Waals surface area contributed by atoms with Crippen molar-refractivity contribution in [1.29, 1.82) is 0 Å². The van der Waals surface area contributed by atoms with Crippen molar-refractivity contribution in [3.05, 3.63) is 33.6 Å². The van der Waals surface area contributed by atoms with E-state index in [4.69, 9.17) is 0 Å². The van der Waals surface area contributed by atoms with Crippen LogP contribution in [0.3, 0.4) is 0 Å². The third kappa shape index (κ3) is 2.21. The van der Waals surface area contributed by atoms with Crippen LogP contribution in [0.2, 0.25) is 0 Å². The highest BCUT2D eigenvalue weighted by atomic mass is 32.1. The minimum absolute atomic E-state index is 0.846. The fourth-order valence-corrected chi connectivity index (χ4v) is 2.20. The summed E-state index contributed by atoms with van der Waals surface area (Å²) in [5.41, 5.74) is 3.75. The lowest BCUT2D eigenvalue weighted by Gasteiger charge is -2.02. The Labute approximate surface area is 93.5 Å². The van der Waals surface area contributed by atoms with Crippen molar-refractivity contribution in [1.82, 2.24) is 10.2 Å². The van der Waals surface area contributed by atoms with Gasteiger partial charge in [-0.1, -0.05) is 6.92 Å². The molecule has 0 fully saturated rings. The van der Waals surface area contributed by atoms with Gasteiger partial charge in [-0.2, -0.15) is 16.4 Å². The maximum atomic E-state index is 4.25. The summed E-state index contributed by atoms with van der Waals surface area (Å²) in [5.74, 6) is 0.970. The predicted molar refractivity (Wildman–Crippen MR) is 64.3 cm³/mol. The Morgan fingerprint density at radius 2 is 2.40 bits per heavy atom. The van der Waals surface area contributed by atoms with Crippen LogP contribution in [0.5, 0.6) is 0 Å². The average molecular weight is 221 g/mol. The maximum absolute atomic E-state index is 4.25. The molecule has 80 valence electrons. The van der Waals surface area contributed by atoms with Crippen LogP contribution in [-0.2, 0) is 13.0 Å². The fourth-order valence-electron chi connectivity index (χ4n) is 1.53. The molecule has 2 aromatic heterocycles. The molecule has 0 radical (unpaired) electrons. The van der Waals surface area contributed by atoms with Crippen molar-refractivity contribution in [2.75, 3.05) is 5.32 Å². The molecule has 2 N–H and O–H groups in total. The van der Waals surface area contributed by atoms with E-state index in [1.807, 2.05) is 0 Å². The van der Waals surface area contributed by atoms with Gasteiger partial charge >= 0.3 is 0 Å². The summed E-state index contributed by atoms with van der Waals surface area (Å²) in [6.07, 6.45) is 0.999. The van der Waals surface area contributed by atoms with Crippen LogP contribution in [0.25, 0.3) is 0 Å². The summed E-state index contributed by atoms with van der Waals surface area (Å²) in [5, 5.41) is 14.9. The number of nitrogens with zero attached hydrogens (tertiary/aromatic N) is 1. The Balaban J connectivity index is 2.02. The molecule has 0 saturated heterocycles. The van der Waals surface area contributed by atoms with Gasteiger partial charge in [0.05, 0.1) is 0 Å². The summed E-state index contributed by atoms with van der Waals surface area (Å²) in [6, 6.07) is 2.13. The molecule has 2 heterocycles. The van der Waals surface area contributed by atoms with Gasteiger partial charge in [0.15, 0.2) is 5.82 Å². The van der Waals surface area contributed by atoms with E-state index in [0.29, 0.717) is 0 Å². The summed E-state index contributed by atoms with van der Waals surface area (Å²) in [6.45, 7) is 5.07. The van der Waals surface area contributed by atoms with Gasteiger partial charge in [0, 0.05) is 17.8 Å². The van der Waals surface area contributed by atoms with Gasteiger partial charge in [-0.25, -0.2) is 0 Å². The van der Waals surface area contributed by atoms with Crippen molar-refractivity contribution in [3.8, 4) is 0 Å². The van der Waals surface area contributed by atoms with Gasteiger partial charge in [0.2, 0.25) is 0 Å².